The average Bonchev–Trinajstić information content (AvgIpc) is 2.17. The maximum Gasteiger partial charge on any atom is 0.223 e. The first-order chi connectivity index (χ1) is 7.54. The first kappa shape index (κ1) is 13.5. The van der Waals surface area contributed by atoms with E-state index in [0.29, 0.717) is 24.3 Å². The average molecular weight is 227 g/mol. The van der Waals surface area contributed by atoms with Gasteiger partial charge in [-0.15, -0.1) is 0 Å². The van der Waals surface area contributed by atoms with Crippen molar-refractivity contribution in [1.29, 1.82) is 0 Å². The number of carbonyl (C=O) groups excluding carboxylic acids is 1. The van der Waals surface area contributed by atoms with Gasteiger partial charge in [-0.3, -0.25) is 4.79 Å². The summed E-state index contributed by atoms with van der Waals surface area (Å²) < 4.78 is 0. The van der Waals surface area contributed by atoms with Crippen molar-refractivity contribution in [2.45, 2.75) is 26.3 Å². The van der Waals surface area contributed by atoms with E-state index in [2.05, 4.69) is 36.0 Å². The largest absolute Gasteiger partial charge is 0.336 e. The van der Waals surface area contributed by atoms with E-state index in [0.717, 1.165) is 26.2 Å². The molecule has 4 heteroatoms. The second-order valence-electron chi connectivity index (χ2n) is 5.16. The zero-order chi connectivity index (χ0) is 12.1. The van der Waals surface area contributed by atoms with Crippen LogP contribution in [-0.2, 0) is 4.79 Å². The lowest BCUT2D eigenvalue weighted by molar-refractivity contribution is -0.136. The van der Waals surface area contributed by atoms with E-state index in [1.807, 2.05) is 7.05 Å². The first-order valence-corrected chi connectivity index (χ1v) is 6.17. The molecule has 1 fully saturated rings. The van der Waals surface area contributed by atoms with Gasteiger partial charge in [-0.25, -0.2) is 0 Å². The third-order valence-electron chi connectivity index (χ3n) is 3.03. The Morgan fingerprint density at radius 3 is 2.69 bits per heavy atom. The molecule has 1 N–H and O–H groups in total. The van der Waals surface area contributed by atoms with Gasteiger partial charge in [0, 0.05) is 32.6 Å². The Balaban J connectivity index is 2.57. The molecule has 0 aromatic carbocycles. The van der Waals surface area contributed by atoms with E-state index < -0.39 is 0 Å². The predicted molar refractivity (Wildman–Crippen MR) is 66.4 cm³/mol. The van der Waals surface area contributed by atoms with Gasteiger partial charge in [0.15, 0.2) is 0 Å². The zero-order valence-electron chi connectivity index (χ0n) is 11.0. The summed E-state index contributed by atoms with van der Waals surface area (Å²) in [5, 5.41) is 3.18. The van der Waals surface area contributed by atoms with Gasteiger partial charge in [-0.1, -0.05) is 13.8 Å². The Bertz CT molecular complexity index is 230. The molecular formula is C12H25N3O. The fourth-order valence-corrected chi connectivity index (χ4v) is 2.22. The Morgan fingerprint density at radius 1 is 1.44 bits per heavy atom. The summed E-state index contributed by atoms with van der Waals surface area (Å²) in [7, 11) is 4.06. The summed E-state index contributed by atoms with van der Waals surface area (Å²) >= 11 is 0. The molecule has 1 atom stereocenters. The second-order valence-corrected chi connectivity index (χ2v) is 5.16. The highest BCUT2D eigenvalue weighted by molar-refractivity contribution is 5.76. The van der Waals surface area contributed by atoms with Crippen LogP contribution in [-0.4, -0.2) is 62.0 Å². The van der Waals surface area contributed by atoms with Crippen molar-refractivity contribution in [3.05, 3.63) is 0 Å². The fraction of sp³-hybridized carbons (Fsp3) is 0.917. The molecule has 1 aliphatic rings. The number of nitrogens with one attached hydrogen (secondary N) is 1. The third kappa shape index (κ3) is 3.76. The van der Waals surface area contributed by atoms with Crippen LogP contribution in [0.4, 0.5) is 0 Å². The van der Waals surface area contributed by atoms with E-state index in [1.165, 1.54) is 0 Å². The predicted octanol–water partition coefficient (Wildman–Crippen LogP) is 0.394. The van der Waals surface area contributed by atoms with Crippen LogP contribution in [0.1, 0.15) is 20.3 Å². The van der Waals surface area contributed by atoms with Crippen molar-refractivity contribution >= 4 is 5.91 Å². The van der Waals surface area contributed by atoms with Crippen molar-refractivity contribution in [2.24, 2.45) is 5.92 Å². The van der Waals surface area contributed by atoms with Gasteiger partial charge in [0.05, 0.1) is 6.04 Å². The molecule has 1 rings (SSSR count). The number of hydrogen-bond acceptors (Lipinski definition) is 3. The summed E-state index contributed by atoms with van der Waals surface area (Å²) in [5.74, 6) is 0.755. The minimum Gasteiger partial charge on any atom is -0.336 e. The standard InChI is InChI=1S/C12H25N3O/c1-10(2)7-12(16)15-6-5-14(4)9-11(15)8-13-3/h10-11,13H,5-9H2,1-4H3. The van der Waals surface area contributed by atoms with Crippen molar-refractivity contribution in [2.75, 3.05) is 40.3 Å². The van der Waals surface area contributed by atoms with Crippen LogP contribution in [0.25, 0.3) is 0 Å². The van der Waals surface area contributed by atoms with Crippen LogP contribution in [0, 0.1) is 5.92 Å². The molecule has 1 saturated heterocycles. The monoisotopic (exact) mass is 227 g/mol. The summed E-state index contributed by atoms with van der Waals surface area (Å²) in [4.78, 5) is 16.4. The summed E-state index contributed by atoms with van der Waals surface area (Å²) in [6, 6.07) is 0.329. The van der Waals surface area contributed by atoms with Crippen molar-refractivity contribution in [3.8, 4) is 0 Å². The van der Waals surface area contributed by atoms with Crippen LogP contribution >= 0.6 is 0 Å². The van der Waals surface area contributed by atoms with Crippen LogP contribution < -0.4 is 5.32 Å². The highest BCUT2D eigenvalue weighted by Crippen LogP contribution is 2.12. The number of rotatable bonds is 4. The number of hydrogen-bond donors (Lipinski definition) is 1. The molecule has 0 aromatic heterocycles. The molecule has 1 amide bonds. The molecule has 1 aliphatic heterocycles. The molecule has 0 saturated carbocycles. The van der Waals surface area contributed by atoms with Crippen LogP contribution in [0.5, 0.6) is 0 Å². The highest BCUT2D eigenvalue weighted by Gasteiger charge is 2.28. The van der Waals surface area contributed by atoms with Gasteiger partial charge >= 0.3 is 0 Å². The minimum absolute atomic E-state index is 0.309. The molecule has 1 heterocycles. The van der Waals surface area contributed by atoms with Gasteiger partial charge < -0.3 is 15.1 Å². The van der Waals surface area contributed by atoms with Gasteiger partial charge in [-0.05, 0) is 20.0 Å². The number of carbonyl (C=O) groups is 1. The lowest BCUT2D eigenvalue weighted by Crippen LogP contribution is -2.57. The van der Waals surface area contributed by atoms with Crippen LogP contribution in [0.15, 0.2) is 0 Å². The summed E-state index contributed by atoms with van der Waals surface area (Å²) in [6.45, 7) is 7.92. The quantitative estimate of drug-likeness (QED) is 0.755. The maximum atomic E-state index is 12.1. The Morgan fingerprint density at radius 2 is 2.12 bits per heavy atom. The topological polar surface area (TPSA) is 35.6 Å². The third-order valence-corrected chi connectivity index (χ3v) is 3.03. The molecule has 1 unspecified atom stereocenters. The molecule has 0 spiro atoms. The number of amides is 1. The normalized spacial score (nSPS) is 22.8. The maximum absolute atomic E-state index is 12.1. The first-order valence-electron chi connectivity index (χ1n) is 6.17. The fourth-order valence-electron chi connectivity index (χ4n) is 2.22. The Hall–Kier alpha value is -0.610. The molecule has 0 aliphatic carbocycles. The summed E-state index contributed by atoms with van der Waals surface area (Å²) in [5.41, 5.74) is 0. The highest BCUT2D eigenvalue weighted by atomic mass is 16.2. The lowest BCUT2D eigenvalue weighted by atomic mass is 10.1. The minimum atomic E-state index is 0.309. The Labute approximate surface area is 99.0 Å². The molecule has 4 nitrogen and oxygen atoms in total. The van der Waals surface area contributed by atoms with Gasteiger partial charge in [0.25, 0.3) is 0 Å². The smallest absolute Gasteiger partial charge is 0.223 e. The van der Waals surface area contributed by atoms with Crippen molar-refractivity contribution in [3.63, 3.8) is 0 Å². The second kappa shape index (κ2) is 6.21. The van der Waals surface area contributed by atoms with Gasteiger partial charge in [0.2, 0.25) is 5.91 Å². The van der Waals surface area contributed by atoms with Crippen LogP contribution in [0.3, 0.4) is 0 Å². The van der Waals surface area contributed by atoms with Crippen molar-refractivity contribution in [1.82, 2.24) is 15.1 Å². The van der Waals surface area contributed by atoms with E-state index in [4.69, 9.17) is 0 Å². The molecular weight excluding hydrogens is 202 g/mol. The molecule has 0 radical (unpaired) electrons. The number of likely N-dealkylation sites (N-methyl/N-ethyl adjacent to an activating group) is 2. The zero-order valence-corrected chi connectivity index (χ0v) is 11.0. The molecule has 16 heavy (non-hydrogen) atoms. The van der Waals surface area contributed by atoms with Crippen molar-refractivity contribution < 1.29 is 4.79 Å². The number of piperazine rings is 1. The van der Waals surface area contributed by atoms with E-state index >= 15 is 0 Å². The van der Waals surface area contributed by atoms with E-state index in [1.54, 1.807) is 0 Å². The van der Waals surface area contributed by atoms with Crippen LogP contribution in [0.2, 0.25) is 0 Å². The SMILES string of the molecule is CNCC1CN(C)CCN1C(=O)CC(C)C. The van der Waals surface area contributed by atoms with E-state index in [9.17, 15) is 4.79 Å². The Kier molecular flexibility index (Phi) is 5.22. The van der Waals surface area contributed by atoms with E-state index in [-0.39, 0.29) is 0 Å². The number of nitrogens with zero attached hydrogens (tertiary/aromatic N) is 2. The molecule has 94 valence electrons. The molecule has 0 bridgehead atoms. The van der Waals surface area contributed by atoms with Gasteiger partial charge in [-0.2, -0.15) is 0 Å². The summed E-state index contributed by atoms with van der Waals surface area (Å²) in [6.07, 6.45) is 0.671. The molecule has 0 aromatic rings. The van der Waals surface area contributed by atoms with Gasteiger partial charge in [0.1, 0.15) is 0 Å². The lowest BCUT2D eigenvalue weighted by Gasteiger charge is -2.40.